The molecule has 5 nitrogen and oxygen atoms in total. The van der Waals surface area contributed by atoms with E-state index in [1.165, 1.54) is 0 Å². The van der Waals surface area contributed by atoms with Gasteiger partial charge in [-0.3, -0.25) is 9.89 Å². The number of amides is 1. The minimum atomic E-state index is -0.0333. The molecule has 0 radical (unpaired) electrons. The highest BCUT2D eigenvalue weighted by Crippen LogP contribution is 2.12. The molecule has 5 heteroatoms. The first-order valence-corrected chi connectivity index (χ1v) is 7.18. The molecule has 0 spiro atoms. The van der Waals surface area contributed by atoms with Crippen molar-refractivity contribution >= 4 is 16.8 Å². The maximum absolute atomic E-state index is 12.1. The van der Waals surface area contributed by atoms with E-state index in [4.69, 9.17) is 0 Å². The Hall–Kier alpha value is -1.88. The van der Waals surface area contributed by atoms with Crippen LogP contribution in [0.4, 0.5) is 0 Å². The fourth-order valence-electron chi connectivity index (χ4n) is 2.25. The molecule has 0 atom stereocenters. The molecular formula is C15H22N4O. The lowest BCUT2D eigenvalue weighted by Crippen LogP contribution is -2.35. The van der Waals surface area contributed by atoms with Gasteiger partial charge in [0.25, 0.3) is 5.91 Å². The summed E-state index contributed by atoms with van der Waals surface area (Å²) < 4.78 is 0. The van der Waals surface area contributed by atoms with Gasteiger partial charge in [-0.2, -0.15) is 5.10 Å². The van der Waals surface area contributed by atoms with Gasteiger partial charge in [0.2, 0.25) is 0 Å². The number of rotatable bonds is 7. The number of likely N-dealkylation sites (N-methyl/N-ethyl adjacent to an activating group) is 1. The lowest BCUT2D eigenvalue weighted by atomic mass is 10.1. The standard InChI is InChI=1S/C15H22N4O/c1-3-8-19(4-2)9-7-16-15(20)12-5-6-13-11-17-18-14(13)10-12/h5-6,10-11H,3-4,7-9H2,1-2H3,(H,16,20)(H,17,18). The third-order valence-corrected chi connectivity index (χ3v) is 3.40. The molecule has 0 fully saturated rings. The molecule has 1 heterocycles. The predicted molar refractivity (Wildman–Crippen MR) is 80.8 cm³/mol. The van der Waals surface area contributed by atoms with E-state index in [9.17, 15) is 4.79 Å². The summed E-state index contributed by atoms with van der Waals surface area (Å²) >= 11 is 0. The second kappa shape index (κ2) is 7.05. The number of aromatic nitrogens is 2. The van der Waals surface area contributed by atoms with Crippen LogP contribution in [0.1, 0.15) is 30.6 Å². The summed E-state index contributed by atoms with van der Waals surface area (Å²) in [6.45, 7) is 7.97. The third-order valence-electron chi connectivity index (χ3n) is 3.40. The van der Waals surface area contributed by atoms with Crippen molar-refractivity contribution < 1.29 is 4.79 Å². The summed E-state index contributed by atoms with van der Waals surface area (Å²) in [4.78, 5) is 14.4. The molecule has 20 heavy (non-hydrogen) atoms. The van der Waals surface area contributed by atoms with E-state index in [0.717, 1.165) is 37.0 Å². The van der Waals surface area contributed by atoms with Crippen molar-refractivity contribution in [3.63, 3.8) is 0 Å². The maximum atomic E-state index is 12.1. The number of benzene rings is 1. The Labute approximate surface area is 119 Å². The Morgan fingerprint density at radius 3 is 2.95 bits per heavy atom. The van der Waals surface area contributed by atoms with Crippen molar-refractivity contribution in [2.45, 2.75) is 20.3 Å². The highest BCUT2D eigenvalue weighted by Gasteiger charge is 2.07. The molecule has 108 valence electrons. The molecule has 2 N–H and O–H groups in total. The van der Waals surface area contributed by atoms with Crippen LogP contribution in [0, 0.1) is 0 Å². The minimum Gasteiger partial charge on any atom is -0.351 e. The van der Waals surface area contributed by atoms with Crippen molar-refractivity contribution in [3.8, 4) is 0 Å². The Bertz CT molecular complexity index is 564. The highest BCUT2D eigenvalue weighted by molar-refractivity contribution is 5.97. The number of fused-ring (bicyclic) bond motifs is 1. The topological polar surface area (TPSA) is 61.0 Å². The van der Waals surface area contributed by atoms with Crippen LogP contribution in [0.5, 0.6) is 0 Å². The first-order chi connectivity index (χ1) is 9.74. The zero-order valence-corrected chi connectivity index (χ0v) is 12.1. The number of nitrogens with one attached hydrogen (secondary N) is 2. The smallest absolute Gasteiger partial charge is 0.251 e. The van der Waals surface area contributed by atoms with Gasteiger partial charge >= 0.3 is 0 Å². The summed E-state index contributed by atoms with van der Waals surface area (Å²) in [7, 11) is 0. The third kappa shape index (κ3) is 3.57. The van der Waals surface area contributed by atoms with Crippen LogP contribution < -0.4 is 5.32 Å². The summed E-state index contributed by atoms with van der Waals surface area (Å²) in [5.74, 6) is -0.0333. The number of carbonyl (C=O) groups is 1. The van der Waals surface area contributed by atoms with Gasteiger partial charge in [-0.15, -0.1) is 0 Å². The monoisotopic (exact) mass is 274 g/mol. The number of H-pyrrole nitrogens is 1. The van der Waals surface area contributed by atoms with Crippen LogP contribution in [0.25, 0.3) is 10.9 Å². The molecule has 0 aliphatic heterocycles. The normalized spacial score (nSPS) is 11.2. The van der Waals surface area contributed by atoms with E-state index in [0.29, 0.717) is 12.1 Å². The van der Waals surface area contributed by atoms with Crippen molar-refractivity contribution in [3.05, 3.63) is 30.0 Å². The van der Waals surface area contributed by atoms with Crippen molar-refractivity contribution in [1.29, 1.82) is 0 Å². The first kappa shape index (κ1) is 14.5. The summed E-state index contributed by atoms with van der Waals surface area (Å²) in [6, 6.07) is 5.57. The fourth-order valence-corrected chi connectivity index (χ4v) is 2.25. The lowest BCUT2D eigenvalue weighted by molar-refractivity contribution is 0.0948. The van der Waals surface area contributed by atoms with Gasteiger partial charge in [-0.1, -0.05) is 19.9 Å². The number of aromatic amines is 1. The molecule has 1 amide bonds. The van der Waals surface area contributed by atoms with Gasteiger partial charge in [-0.05, 0) is 31.6 Å². The van der Waals surface area contributed by atoms with E-state index in [1.54, 1.807) is 6.20 Å². The number of hydrogen-bond acceptors (Lipinski definition) is 3. The Kier molecular flexibility index (Phi) is 5.12. The van der Waals surface area contributed by atoms with Crippen molar-refractivity contribution in [2.75, 3.05) is 26.2 Å². The molecular weight excluding hydrogens is 252 g/mol. The van der Waals surface area contributed by atoms with E-state index < -0.39 is 0 Å². The fraction of sp³-hybridized carbons (Fsp3) is 0.467. The Morgan fingerprint density at radius 2 is 2.20 bits per heavy atom. The zero-order valence-electron chi connectivity index (χ0n) is 12.1. The van der Waals surface area contributed by atoms with Gasteiger partial charge in [-0.25, -0.2) is 0 Å². The lowest BCUT2D eigenvalue weighted by Gasteiger charge is -2.19. The molecule has 0 saturated heterocycles. The molecule has 1 aromatic heterocycles. The van der Waals surface area contributed by atoms with Gasteiger partial charge < -0.3 is 10.2 Å². The maximum Gasteiger partial charge on any atom is 0.251 e. The molecule has 0 bridgehead atoms. The summed E-state index contributed by atoms with van der Waals surface area (Å²) in [5, 5.41) is 10.8. The molecule has 0 saturated carbocycles. The average molecular weight is 274 g/mol. The van der Waals surface area contributed by atoms with E-state index in [1.807, 2.05) is 18.2 Å². The molecule has 1 aromatic carbocycles. The van der Waals surface area contributed by atoms with Gasteiger partial charge in [0, 0.05) is 24.0 Å². The van der Waals surface area contributed by atoms with E-state index in [2.05, 4.69) is 34.3 Å². The zero-order chi connectivity index (χ0) is 14.4. The second-order valence-corrected chi connectivity index (χ2v) is 4.86. The molecule has 2 aromatic rings. The van der Waals surface area contributed by atoms with Crippen LogP contribution in [0.15, 0.2) is 24.4 Å². The quantitative estimate of drug-likeness (QED) is 0.812. The highest BCUT2D eigenvalue weighted by atomic mass is 16.1. The molecule has 0 aliphatic carbocycles. The average Bonchev–Trinajstić information content (AvgIpc) is 2.93. The van der Waals surface area contributed by atoms with E-state index >= 15 is 0 Å². The van der Waals surface area contributed by atoms with E-state index in [-0.39, 0.29) is 5.91 Å². The predicted octanol–water partition coefficient (Wildman–Crippen LogP) is 2.02. The number of nitrogens with zero attached hydrogens (tertiary/aromatic N) is 2. The SMILES string of the molecule is CCCN(CC)CCNC(=O)c1ccc2cn[nH]c2c1. The summed E-state index contributed by atoms with van der Waals surface area (Å²) in [6.07, 6.45) is 2.89. The van der Waals surface area contributed by atoms with Crippen LogP contribution in [-0.4, -0.2) is 47.2 Å². The van der Waals surface area contributed by atoms with Crippen molar-refractivity contribution in [1.82, 2.24) is 20.4 Å². The van der Waals surface area contributed by atoms with Gasteiger partial charge in [0.15, 0.2) is 0 Å². The Balaban J connectivity index is 1.88. The van der Waals surface area contributed by atoms with Gasteiger partial charge in [0.1, 0.15) is 0 Å². The number of carbonyl (C=O) groups excluding carboxylic acids is 1. The Morgan fingerprint density at radius 1 is 1.35 bits per heavy atom. The number of hydrogen-bond donors (Lipinski definition) is 2. The first-order valence-electron chi connectivity index (χ1n) is 7.18. The van der Waals surface area contributed by atoms with Crippen LogP contribution in [0.3, 0.4) is 0 Å². The van der Waals surface area contributed by atoms with Crippen LogP contribution >= 0.6 is 0 Å². The second-order valence-electron chi connectivity index (χ2n) is 4.86. The summed E-state index contributed by atoms with van der Waals surface area (Å²) in [5.41, 5.74) is 1.55. The minimum absolute atomic E-state index is 0.0333. The molecule has 0 aliphatic rings. The van der Waals surface area contributed by atoms with Crippen molar-refractivity contribution in [2.24, 2.45) is 0 Å². The largest absolute Gasteiger partial charge is 0.351 e. The molecule has 2 rings (SSSR count). The van der Waals surface area contributed by atoms with Crippen LogP contribution in [0.2, 0.25) is 0 Å². The van der Waals surface area contributed by atoms with Crippen LogP contribution in [-0.2, 0) is 0 Å². The van der Waals surface area contributed by atoms with Gasteiger partial charge in [0.05, 0.1) is 11.7 Å². The molecule has 0 unspecified atom stereocenters.